The molecule has 0 aromatic heterocycles. The monoisotopic (exact) mass is 189 g/mol. The second-order valence-electron chi connectivity index (χ2n) is 1.91. The maximum Gasteiger partial charge on any atom is 0.133 e. The SMILES string of the molecule is Fc1cc(Cl)ccc1/C=N/S. The smallest absolute Gasteiger partial charge is 0.133 e. The van der Waals surface area contributed by atoms with E-state index < -0.39 is 5.82 Å². The van der Waals surface area contributed by atoms with Gasteiger partial charge in [0.25, 0.3) is 0 Å². The average Bonchev–Trinajstić information content (AvgIpc) is 1.95. The van der Waals surface area contributed by atoms with Crippen LogP contribution in [0.4, 0.5) is 4.39 Å². The number of thiol groups is 1. The number of rotatable bonds is 1. The number of benzene rings is 1. The van der Waals surface area contributed by atoms with Gasteiger partial charge in [-0.2, -0.15) is 0 Å². The van der Waals surface area contributed by atoms with E-state index >= 15 is 0 Å². The molecule has 0 bridgehead atoms. The predicted octanol–water partition coefficient (Wildman–Crippen LogP) is 2.74. The van der Waals surface area contributed by atoms with Crippen molar-refractivity contribution in [3.05, 3.63) is 34.6 Å². The van der Waals surface area contributed by atoms with E-state index in [1.54, 1.807) is 6.07 Å². The lowest BCUT2D eigenvalue weighted by molar-refractivity contribution is 0.626. The first-order valence-corrected chi connectivity index (χ1v) is 3.64. The molecule has 0 N–H and O–H groups in total. The lowest BCUT2D eigenvalue weighted by Crippen LogP contribution is -1.85. The third-order valence-electron chi connectivity index (χ3n) is 1.16. The standard InChI is InChI=1S/C7H5ClFNS/c8-6-2-1-5(4-10-11)7(9)3-6/h1-4,11H/b10-4+. The van der Waals surface area contributed by atoms with Crippen LogP contribution in [0.2, 0.25) is 5.02 Å². The zero-order valence-electron chi connectivity index (χ0n) is 5.46. The van der Waals surface area contributed by atoms with Gasteiger partial charge < -0.3 is 0 Å². The summed E-state index contributed by atoms with van der Waals surface area (Å²) >= 11 is 9.09. The Kier molecular flexibility index (Phi) is 2.91. The minimum atomic E-state index is -0.393. The second kappa shape index (κ2) is 3.74. The van der Waals surface area contributed by atoms with Gasteiger partial charge in [0.15, 0.2) is 0 Å². The number of nitrogens with zero attached hydrogens (tertiary/aromatic N) is 1. The van der Waals surface area contributed by atoms with Gasteiger partial charge in [0.2, 0.25) is 0 Å². The number of hydrogen-bond acceptors (Lipinski definition) is 2. The van der Waals surface area contributed by atoms with Gasteiger partial charge in [-0.05, 0) is 31.0 Å². The van der Waals surface area contributed by atoms with Gasteiger partial charge in [-0.15, -0.1) is 0 Å². The minimum absolute atomic E-state index is 0.374. The first-order chi connectivity index (χ1) is 5.24. The molecule has 1 aromatic carbocycles. The Morgan fingerprint density at radius 2 is 2.27 bits per heavy atom. The highest BCUT2D eigenvalue weighted by atomic mass is 35.5. The Labute approximate surface area is 74.5 Å². The molecule has 1 aromatic rings. The molecule has 1 rings (SSSR count). The van der Waals surface area contributed by atoms with Crippen LogP contribution >= 0.6 is 24.4 Å². The van der Waals surface area contributed by atoms with Crippen molar-refractivity contribution in [2.24, 2.45) is 4.40 Å². The molecule has 0 atom stereocenters. The van der Waals surface area contributed by atoms with Crippen LogP contribution in [0.1, 0.15) is 5.56 Å². The molecule has 0 radical (unpaired) electrons. The fourth-order valence-electron chi connectivity index (χ4n) is 0.668. The summed E-state index contributed by atoms with van der Waals surface area (Å²) in [7, 11) is 0. The van der Waals surface area contributed by atoms with Gasteiger partial charge in [-0.25, -0.2) is 8.79 Å². The molecule has 0 unspecified atom stereocenters. The van der Waals surface area contributed by atoms with E-state index in [-0.39, 0.29) is 0 Å². The van der Waals surface area contributed by atoms with Gasteiger partial charge in [0.1, 0.15) is 5.82 Å². The Morgan fingerprint density at radius 1 is 1.55 bits per heavy atom. The van der Waals surface area contributed by atoms with Crippen molar-refractivity contribution in [3.63, 3.8) is 0 Å². The molecule has 0 spiro atoms. The molecule has 11 heavy (non-hydrogen) atoms. The molecule has 58 valence electrons. The lowest BCUT2D eigenvalue weighted by atomic mass is 10.2. The molecule has 0 saturated carbocycles. The summed E-state index contributed by atoms with van der Waals surface area (Å²) in [5.74, 6) is -0.393. The largest absolute Gasteiger partial charge is 0.227 e. The van der Waals surface area contributed by atoms with Crippen molar-refractivity contribution >= 4 is 30.6 Å². The molecule has 0 fully saturated rings. The van der Waals surface area contributed by atoms with E-state index in [2.05, 4.69) is 17.2 Å². The van der Waals surface area contributed by atoms with Crippen LogP contribution in [0.25, 0.3) is 0 Å². The molecule has 4 heteroatoms. The van der Waals surface area contributed by atoms with Crippen molar-refractivity contribution in [1.29, 1.82) is 0 Å². The van der Waals surface area contributed by atoms with E-state index in [9.17, 15) is 4.39 Å². The number of hydrogen-bond donors (Lipinski definition) is 1. The van der Waals surface area contributed by atoms with Crippen LogP contribution in [0.5, 0.6) is 0 Å². The lowest BCUT2D eigenvalue weighted by Gasteiger charge is -1.94. The quantitative estimate of drug-likeness (QED) is 0.515. The normalized spacial score (nSPS) is 10.8. The topological polar surface area (TPSA) is 12.4 Å². The van der Waals surface area contributed by atoms with E-state index in [1.807, 2.05) is 0 Å². The number of halogens is 2. The maximum absolute atomic E-state index is 12.8. The summed E-state index contributed by atoms with van der Waals surface area (Å²) in [6.45, 7) is 0. The zero-order chi connectivity index (χ0) is 8.27. The summed E-state index contributed by atoms with van der Waals surface area (Å²) in [6.07, 6.45) is 1.31. The first kappa shape index (κ1) is 8.56. The van der Waals surface area contributed by atoms with Crippen LogP contribution in [0, 0.1) is 5.82 Å². The molecule has 0 aliphatic rings. The van der Waals surface area contributed by atoms with E-state index in [1.165, 1.54) is 18.3 Å². The average molecular weight is 190 g/mol. The fraction of sp³-hybridized carbons (Fsp3) is 0. The van der Waals surface area contributed by atoms with Gasteiger partial charge in [0.05, 0.1) is 0 Å². The molecule has 0 saturated heterocycles. The third kappa shape index (κ3) is 2.20. The van der Waals surface area contributed by atoms with Crippen LogP contribution in [0.3, 0.4) is 0 Å². The Bertz CT molecular complexity index is 288. The Hall–Kier alpha value is -0.540. The predicted molar refractivity (Wildman–Crippen MR) is 48.0 cm³/mol. The van der Waals surface area contributed by atoms with Crippen molar-refractivity contribution in [2.45, 2.75) is 0 Å². The van der Waals surface area contributed by atoms with E-state index in [0.29, 0.717) is 10.6 Å². The second-order valence-corrected chi connectivity index (χ2v) is 2.58. The molecule has 0 amide bonds. The van der Waals surface area contributed by atoms with Gasteiger partial charge in [-0.1, -0.05) is 11.6 Å². The molecule has 0 heterocycles. The maximum atomic E-state index is 12.8. The van der Waals surface area contributed by atoms with Gasteiger partial charge >= 0.3 is 0 Å². The molecular weight excluding hydrogens is 185 g/mol. The van der Waals surface area contributed by atoms with Gasteiger partial charge in [0, 0.05) is 16.8 Å². The van der Waals surface area contributed by atoms with Crippen molar-refractivity contribution in [3.8, 4) is 0 Å². The van der Waals surface area contributed by atoms with Crippen LogP contribution in [0.15, 0.2) is 22.6 Å². The van der Waals surface area contributed by atoms with Crippen molar-refractivity contribution in [1.82, 2.24) is 0 Å². The minimum Gasteiger partial charge on any atom is -0.227 e. The zero-order valence-corrected chi connectivity index (χ0v) is 7.11. The van der Waals surface area contributed by atoms with Crippen LogP contribution in [-0.4, -0.2) is 6.21 Å². The summed E-state index contributed by atoms with van der Waals surface area (Å²) in [5, 5.41) is 0.374. The molecule has 1 nitrogen and oxygen atoms in total. The molecule has 0 aliphatic heterocycles. The highest BCUT2D eigenvalue weighted by Gasteiger charge is 1.98. The van der Waals surface area contributed by atoms with Gasteiger partial charge in [-0.3, -0.25) is 0 Å². The molecule has 0 aliphatic carbocycles. The summed E-state index contributed by atoms with van der Waals surface area (Å²) in [6, 6.07) is 4.36. The third-order valence-corrected chi connectivity index (χ3v) is 1.51. The van der Waals surface area contributed by atoms with Crippen molar-refractivity contribution in [2.75, 3.05) is 0 Å². The van der Waals surface area contributed by atoms with Crippen LogP contribution in [-0.2, 0) is 0 Å². The highest BCUT2D eigenvalue weighted by Crippen LogP contribution is 2.12. The Morgan fingerprint density at radius 3 is 2.82 bits per heavy atom. The Balaban J connectivity index is 3.09. The fourth-order valence-corrected chi connectivity index (χ4v) is 0.952. The van der Waals surface area contributed by atoms with Crippen molar-refractivity contribution < 1.29 is 4.39 Å². The summed E-state index contributed by atoms with van der Waals surface area (Å²) < 4.78 is 16.2. The molecular formula is C7H5ClFNS. The highest BCUT2D eigenvalue weighted by molar-refractivity contribution is 7.79. The van der Waals surface area contributed by atoms with Crippen LogP contribution < -0.4 is 0 Å². The summed E-state index contributed by atoms with van der Waals surface area (Å²) in [4.78, 5) is 0. The van der Waals surface area contributed by atoms with E-state index in [4.69, 9.17) is 11.6 Å². The van der Waals surface area contributed by atoms with E-state index in [0.717, 1.165) is 0 Å². The summed E-state index contributed by atoms with van der Waals surface area (Å²) in [5.41, 5.74) is 0.379. The first-order valence-electron chi connectivity index (χ1n) is 2.86.